The van der Waals surface area contributed by atoms with Gasteiger partial charge in [-0.05, 0) is 35.7 Å². The van der Waals surface area contributed by atoms with Gasteiger partial charge in [0, 0.05) is 0 Å². The van der Waals surface area contributed by atoms with E-state index in [1.165, 1.54) is 7.11 Å². The Morgan fingerprint density at radius 1 is 1.19 bits per heavy atom. The molecule has 0 spiro atoms. The van der Waals surface area contributed by atoms with Crippen molar-refractivity contribution >= 4 is 57.4 Å². The predicted molar refractivity (Wildman–Crippen MR) is 95.0 cm³/mol. The van der Waals surface area contributed by atoms with Crippen LogP contribution in [0, 0.1) is 0 Å². The lowest BCUT2D eigenvalue weighted by Gasteiger charge is -2.15. The first kappa shape index (κ1) is 18.3. The van der Waals surface area contributed by atoms with Crippen LogP contribution in [-0.4, -0.2) is 57.3 Å². The predicted octanol–water partition coefficient (Wildman–Crippen LogP) is 1.05. The summed E-state index contributed by atoms with van der Waals surface area (Å²) in [4.78, 5) is 60.5. The molecule has 0 saturated carbocycles. The monoisotopic (exact) mass is 395 g/mol. The number of para-hydroxylation sites is 2. The lowest BCUT2D eigenvalue weighted by Crippen LogP contribution is -2.42. The molecule has 11 heteroatoms. The van der Waals surface area contributed by atoms with Crippen LogP contribution in [0.5, 0.6) is 5.75 Å². The summed E-state index contributed by atoms with van der Waals surface area (Å²) in [5.74, 6) is -1.43. The Bertz CT molecular complexity index is 814. The van der Waals surface area contributed by atoms with Crippen LogP contribution in [-0.2, 0) is 14.4 Å². The molecule has 2 saturated heterocycles. The molecule has 1 aromatic rings. The summed E-state index contributed by atoms with van der Waals surface area (Å²) in [6, 6.07) is 6.70. The normalized spacial score (nSPS) is 22.6. The van der Waals surface area contributed by atoms with Crippen LogP contribution < -0.4 is 15.4 Å². The van der Waals surface area contributed by atoms with Gasteiger partial charge in [0.1, 0.15) is 22.8 Å². The van der Waals surface area contributed by atoms with E-state index in [9.17, 15) is 24.0 Å². The van der Waals surface area contributed by atoms with Gasteiger partial charge in [-0.25, -0.2) is 0 Å². The number of amides is 5. The zero-order chi connectivity index (χ0) is 18.8. The minimum absolute atomic E-state index is 0.402. The van der Waals surface area contributed by atoms with E-state index >= 15 is 0 Å². The molecular weight excluding hydrogens is 382 g/mol. The first-order chi connectivity index (χ1) is 12.4. The topological polar surface area (TPSA) is 122 Å². The molecule has 2 fully saturated rings. The summed E-state index contributed by atoms with van der Waals surface area (Å²) in [6.07, 6.45) is 0. The van der Waals surface area contributed by atoms with Crippen LogP contribution in [0.4, 0.5) is 15.3 Å². The molecule has 0 bridgehead atoms. The molecule has 0 unspecified atom stereocenters. The van der Waals surface area contributed by atoms with E-state index in [-0.39, 0.29) is 0 Å². The fourth-order valence-corrected chi connectivity index (χ4v) is 4.55. The van der Waals surface area contributed by atoms with Crippen LogP contribution in [0.3, 0.4) is 0 Å². The maximum Gasteiger partial charge on any atom is 0.289 e. The number of nitrogens with zero attached hydrogens (tertiary/aromatic N) is 1. The van der Waals surface area contributed by atoms with Gasteiger partial charge in [-0.15, -0.1) is 0 Å². The Hall–Kier alpha value is -2.53. The quantitative estimate of drug-likeness (QED) is 0.759. The second-order valence-corrected chi connectivity index (χ2v) is 7.50. The van der Waals surface area contributed by atoms with E-state index in [2.05, 4.69) is 10.6 Å². The van der Waals surface area contributed by atoms with E-state index < -0.39 is 45.2 Å². The summed E-state index contributed by atoms with van der Waals surface area (Å²) in [6.45, 7) is -0.494. The van der Waals surface area contributed by atoms with Crippen LogP contribution in [0.2, 0.25) is 0 Å². The molecule has 136 valence electrons. The molecule has 2 heterocycles. The fraction of sp³-hybridized carbons (Fsp3) is 0.267. The molecule has 2 atom stereocenters. The Morgan fingerprint density at radius 3 is 2.58 bits per heavy atom. The van der Waals surface area contributed by atoms with Gasteiger partial charge in [0.05, 0.1) is 12.8 Å². The molecule has 9 nitrogen and oxygen atoms in total. The van der Waals surface area contributed by atoms with Crippen molar-refractivity contribution in [1.82, 2.24) is 10.2 Å². The van der Waals surface area contributed by atoms with Crippen molar-refractivity contribution in [1.29, 1.82) is 0 Å². The largest absolute Gasteiger partial charge is 0.495 e. The average Bonchev–Trinajstić information content (AvgIpc) is 3.08. The Morgan fingerprint density at radius 2 is 1.92 bits per heavy atom. The van der Waals surface area contributed by atoms with Crippen molar-refractivity contribution in [3.63, 3.8) is 0 Å². The highest BCUT2D eigenvalue weighted by atomic mass is 32.2. The van der Waals surface area contributed by atoms with Crippen LogP contribution in [0.25, 0.3) is 0 Å². The van der Waals surface area contributed by atoms with E-state index in [4.69, 9.17) is 4.74 Å². The Balaban J connectivity index is 1.67. The number of benzene rings is 1. The maximum absolute atomic E-state index is 12.4. The second-order valence-electron chi connectivity index (χ2n) is 5.29. The summed E-state index contributed by atoms with van der Waals surface area (Å²) in [5.41, 5.74) is 0.402. The van der Waals surface area contributed by atoms with Crippen molar-refractivity contribution in [2.24, 2.45) is 0 Å². The van der Waals surface area contributed by atoms with Crippen molar-refractivity contribution < 1.29 is 28.7 Å². The van der Waals surface area contributed by atoms with Gasteiger partial charge in [0.25, 0.3) is 10.5 Å². The number of hydrogen-bond donors (Lipinski definition) is 2. The number of imide groups is 2. The number of methoxy groups -OCH3 is 1. The second kappa shape index (κ2) is 7.38. The Kier molecular flexibility index (Phi) is 5.18. The third-order valence-electron chi connectivity index (χ3n) is 3.63. The lowest BCUT2D eigenvalue weighted by atomic mass is 10.2. The number of carbonyl (C=O) groups is 5. The summed E-state index contributed by atoms with van der Waals surface area (Å²) < 4.78 is 5.12. The molecular formula is C15H13N3O6S2. The standard InChI is InChI=1S/C15H13N3O6S2/c1-24-8-5-3-2-4-7(8)16-9(19)6-18-13(21)11(26-15(18)23)10-12(20)17-14(22)25-10/h2-5,10-11H,6H2,1H3,(H,16,19)(H,17,20,22)/t10-,11-/m1/s1. The third kappa shape index (κ3) is 3.53. The number of hydrogen-bond acceptors (Lipinski definition) is 8. The summed E-state index contributed by atoms with van der Waals surface area (Å²) in [5, 5.41) is 1.44. The first-order valence-electron chi connectivity index (χ1n) is 7.37. The van der Waals surface area contributed by atoms with E-state index in [0.29, 0.717) is 35.0 Å². The minimum atomic E-state index is -1.03. The molecule has 3 rings (SSSR count). The highest BCUT2D eigenvalue weighted by molar-refractivity contribution is 8.19. The van der Waals surface area contributed by atoms with Gasteiger partial charge in [0.2, 0.25) is 17.7 Å². The first-order valence-corrected chi connectivity index (χ1v) is 9.13. The molecule has 2 aliphatic heterocycles. The van der Waals surface area contributed by atoms with Gasteiger partial charge in [-0.1, -0.05) is 12.1 Å². The van der Waals surface area contributed by atoms with Gasteiger partial charge in [-0.3, -0.25) is 34.2 Å². The number of anilines is 1. The van der Waals surface area contributed by atoms with Gasteiger partial charge in [0.15, 0.2) is 0 Å². The third-order valence-corrected chi connectivity index (χ3v) is 6.01. The zero-order valence-corrected chi connectivity index (χ0v) is 15.0. The molecule has 1 aromatic carbocycles. The molecule has 5 amide bonds. The molecule has 0 aliphatic carbocycles. The maximum atomic E-state index is 12.4. The average molecular weight is 395 g/mol. The molecule has 0 radical (unpaired) electrons. The zero-order valence-electron chi connectivity index (χ0n) is 13.4. The van der Waals surface area contributed by atoms with Crippen LogP contribution in [0.15, 0.2) is 24.3 Å². The SMILES string of the molecule is COc1ccccc1NC(=O)CN1C(=O)S[C@H]([C@H]2SC(=O)NC2=O)C1=O. The van der Waals surface area contributed by atoms with E-state index in [1.54, 1.807) is 24.3 Å². The highest BCUT2D eigenvalue weighted by Gasteiger charge is 2.50. The minimum Gasteiger partial charge on any atom is -0.495 e. The number of rotatable bonds is 5. The molecule has 0 aromatic heterocycles. The molecule has 2 N–H and O–H groups in total. The van der Waals surface area contributed by atoms with Crippen LogP contribution >= 0.6 is 23.5 Å². The van der Waals surface area contributed by atoms with Crippen molar-refractivity contribution in [3.8, 4) is 5.75 Å². The molecule has 26 heavy (non-hydrogen) atoms. The lowest BCUT2D eigenvalue weighted by molar-refractivity contribution is -0.131. The van der Waals surface area contributed by atoms with Crippen LogP contribution in [0.1, 0.15) is 0 Å². The highest BCUT2D eigenvalue weighted by Crippen LogP contribution is 2.36. The number of nitrogens with one attached hydrogen (secondary N) is 2. The fourth-order valence-electron chi connectivity index (χ4n) is 2.45. The van der Waals surface area contributed by atoms with Crippen molar-refractivity contribution in [2.75, 3.05) is 19.0 Å². The molecule has 2 aliphatic rings. The van der Waals surface area contributed by atoms with Gasteiger partial charge in [-0.2, -0.15) is 0 Å². The Labute approximate surface area is 156 Å². The van der Waals surface area contributed by atoms with Gasteiger partial charge >= 0.3 is 0 Å². The number of carbonyl (C=O) groups excluding carboxylic acids is 5. The summed E-state index contributed by atoms with van der Waals surface area (Å²) >= 11 is 1.31. The number of thioether (sulfide) groups is 2. The van der Waals surface area contributed by atoms with Gasteiger partial charge < -0.3 is 10.1 Å². The van der Waals surface area contributed by atoms with Crippen molar-refractivity contribution in [2.45, 2.75) is 10.5 Å². The smallest absolute Gasteiger partial charge is 0.289 e. The summed E-state index contributed by atoms with van der Waals surface area (Å²) in [7, 11) is 1.45. The van der Waals surface area contributed by atoms with E-state index in [1.807, 2.05) is 0 Å². The number of ether oxygens (including phenoxy) is 1. The van der Waals surface area contributed by atoms with Crippen molar-refractivity contribution in [3.05, 3.63) is 24.3 Å². The van der Waals surface area contributed by atoms with E-state index in [0.717, 1.165) is 4.90 Å².